The number of carbonyl (C=O) groups is 2. The fourth-order valence-corrected chi connectivity index (χ4v) is 3.42. The van der Waals surface area contributed by atoms with Crippen LogP contribution >= 0.6 is 23.2 Å². The molecule has 0 aliphatic carbocycles. The van der Waals surface area contributed by atoms with Gasteiger partial charge in [0, 0.05) is 15.7 Å². The number of halogens is 2. The first-order valence-electron chi connectivity index (χ1n) is 7.93. The van der Waals surface area contributed by atoms with Crippen LogP contribution in [-0.4, -0.2) is 19.0 Å². The molecule has 0 saturated carbocycles. The van der Waals surface area contributed by atoms with Gasteiger partial charge in [0.05, 0.1) is 13.2 Å². The standard InChI is InChI=1S/C19H17Cl2NO3/c1-25-19(24)16-10-11-17(12-2-4-13(20)5-3-12)22(18(16)23)15-8-6-14(21)7-9-15/h2-9,16-17H,10-11H2,1H3. The van der Waals surface area contributed by atoms with Crippen LogP contribution in [0.1, 0.15) is 24.4 Å². The molecular weight excluding hydrogens is 361 g/mol. The lowest BCUT2D eigenvalue weighted by atomic mass is 9.87. The SMILES string of the molecule is COC(=O)C1CCC(c2ccc(Cl)cc2)N(c2ccc(Cl)cc2)C1=O. The first-order chi connectivity index (χ1) is 12.0. The summed E-state index contributed by atoms with van der Waals surface area (Å²) < 4.78 is 4.80. The van der Waals surface area contributed by atoms with E-state index in [0.29, 0.717) is 28.6 Å². The average molecular weight is 378 g/mol. The second-order valence-corrected chi connectivity index (χ2v) is 6.78. The zero-order valence-corrected chi connectivity index (χ0v) is 15.1. The van der Waals surface area contributed by atoms with Gasteiger partial charge in [-0.1, -0.05) is 35.3 Å². The summed E-state index contributed by atoms with van der Waals surface area (Å²) in [6.45, 7) is 0. The third-order valence-corrected chi connectivity index (χ3v) is 4.93. The summed E-state index contributed by atoms with van der Waals surface area (Å²) in [5, 5.41) is 1.22. The van der Waals surface area contributed by atoms with Crippen molar-refractivity contribution in [2.24, 2.45) is 5.92 Å². The molecule has 2 unspecified atom stereocenters. The Morgan fingerprint density at radius 2 is 1.56 bits per heavy atom. The second kappa shape index (κ2) is 7.46. The van der Waals surface area contributed by atoms with E-state index in [9.17, 15) is 9.59 Å². The summed E-state index contributed by atoms with van der Waals surface area (Å²) in [6, 6.07) is 14.2. The second-order valence-electron chi connectivity index (χ2n) is 5.91. The van der Waals surface area contributed by atoms with Crippen LogP contribution in [0, 0.1) is 5.92 Å². The van der Waals surface area contributed by atoms with E-state index in [2.05, 4.69) is 0 Å². The number of nitrogens with zero attached hydrogens (tertiary/aromatic N) is 1. The molecule has 3 rings (SSSR count). The normalized spacial score (nSPS) is 20.4. The molecule has 1 amide bonds. The van der Waals surface area contributed by atoms with Crippen LogP contribution in [0.5, 0.6) is 0 Å². The lowest BCUT2D eigenvalue weighted by Crippen LogP contribution is -2.46. The van der Waals surface area contributed by atoms with E-state index in [0.717, 1.165) is 5.56 Å². The Kier molecular flexibility index (Phi) is 5.30. The first-order valence-corrected chi connectivity index (χ1v) is 8.69. The quantitative estimate of drug-likeness (QED) is 0.577. The summed E-state index contributed by atoms with van der Waals surface area (Å²) in [5.74, 6) is -1.55. The number of ether oxygens (including phenoxy) is 1. The summed E-state index contributed by atoms with van der Waals surface area (Å²) in [7, 11) is 1.30. The molecule has 1 aliphatic rings. The van der Waals surface area contributed by atoms with Crippen molar-refractivity contribution < 1.29 is 14.3 Å². The third kappa shape index (κ3) is 3.65. The maximum Gasteiger partial charge on any atom is 0.318 e. The lowest BCUT2D eigenvalue weighted by Gasteiger charge is -2.38. The van der Waals surface area contributed by atoms with Crippen molar-refractivity contribution in [3.8, 4) is 0 Å². The fraction of sp³-hybridized carbons (Fsp3) is 0.263. The Morgan fingerprint density at radius 1 is 1.00 bits per heavy atom. The molecule has 2 aromatic carbocycles. The van der Waals surface area contributed by atoms with Crippen molar-refractivity contribution in [1.29, 1.82) is 0 Å². The van der Waals surface area contributed by atoms with Gasteiger partial charge >= 0.3 is 5.97 Å². The van der Waals surface area contributed by atoms with Gasteiger partial charge in [0.1, 0.15) is 5.92 Å². The van der Waals surface area contributed by atoms with Gasteiger partial charge in [0.15, 0.2) is 0 Å². The van der Waals surface area contributed by atoms with E-state index >= 15 is 0 Å². The van der Waals surface area contributed by atoms with Crippen LogP contribution < -0.4 is 4.90 Å². The highest BCUT2D eigenvalue weighted by molar-refractivity contribution is 6.31. The largest absolute Gasteiger partial charge is 0.468 e. The van der Waals surface area contributed by atoms with Crippen molar-refractivity contribution in [1.82, 2.24) is 0 Å². The van der Waals surface area contributed by atoms with Crippen LogP contribution in [0.3, 0.4) is 0 Å². The monoisotopic (exact) mass is 377 g/mol. The predicted molar refractivity (Wildman–Crippen MR) is 97.9 cm³/mol. The molecule has 6 heteroatoms. The van der Waals surface area contributed by atoms with Gasteiger partial charge in [-0.3, -0.25) is 9.59 Å². The predicted octanol–water partition coefficient (Wildman–Crippen LogP) is 4.65. The Labute approximate surface area is 156 Å². The molecular formula is C19H17Cl2NO3. The molecule has 0 bridgehead atoms. The molecule has 4 nitrogen and oxygen atoms in total. The zero-order chi connectivity index (χ0) is 18.0. The van der Waals surface area contributed by atoms with Gasteiger partial charge in [-0.05, 0) is 54.8 Å². The minimum absolute atomic E-state index is 0.174. The molecule has 25 heavy (non-hydrogen) atoms. The number of amides is 1. The average Bonchev–Trinajstić information content (AvgIpc) is 2.62. The van der Waals surface area contributed by atoms with Crippen LogP contribution in [0.2, 0.25) is 10.0 Å². The summed E-state index contributed by atoms with van der Waals surface area (Å²) in [4.78, 5) is 26.7. The van der Waals surface area contributed by atoms with Gasteiger partial charge in [-0.2, -0.15) is 0 Å². The van der Waals surface area contributed by atoms with E-state index in [1.165, 1.54) is 7.11 Å². The Balaban J connectivity index is 2.01. The molecule has 0 N–H and O–H groups in total. The van der Waals surface area contributed by atoms with E-state index in [1.807, 2.05) is 12.1 Å². The van der Waals surface area contributed by atoms with Crippen molar-refractivity contribution in [2.75, 3.05) is 12.0 Å². The van der Waals surface area contributed by atoms with Crippen LogP contribution in [0.25, 0.3) is 0 Å². The Hall–Kier alpha value is -2.04. The van der Waals surface area contributed by atoms with E-state index in [4.69, 9.17) is 27.9 Å². The minimum Gasteiger partial charge on any atom is -0.468 e. The van der Waals surface area contributed by atoms with Crippen LogP contribution in [0.15, 0.2) is 48.5 Å². The van der Waals surface area contributed by atoms with Crippen LogP contribution in [0.4, 0.5) is 5.69 Å². The van der Waals surface area contributed by atoms with Gasteiger partial charge in [0.2, 0.25) is 5.91 Å². The van der Waals surface area contributed by atoms with Crippen molar-refractivity contribution >= 4 is 40.8 Å². The highest BCUT2D eigenvalue weighted by Gasteiger charge is 2.41. The van der Waals surface area contributed by atoms with E-state index in [1.54, 1.807) is 41.3 Å². The van der Waals surface area contributed by atoms with E-state index < -0.39 is 11.9 Å². The highest BCUT2D eigenvalue weighted by atomic mass is 35.5. The van der Waals surface area contributed by atoms with Gasteiger partial charge in [-0.15, -0.1) is 0 Å². The zero-order valence-electron chi connectivity index (χ0n) is 13.6. The summed E-state index contributed by atoms with van der Waals surface area (Å²) in [6.07, 6.45) is 1.10. The number of rotatable bonds is 3. The Bertz CT molecular complexity index is 774. The molecule has 1 aliphatic heterocycles. The Morgan fingerprint density at radius 3 is 2.12 bits per heavy atom. The maximum atomic E-state index is 13.0. The van der Waals surface area contributed by atoms with Crippen molar-refractivity contribution in [2.45, 2.75) is 18.9 Å². The summed E-state index contributed by atoms with van der Waals surface area (Å²) in [5.41, 5.74) is 1.67. The van der Waals surface area contributed by atoms with Gasteiger partial charge < -0.3 is 9.64 Å². The molecule has 130 valence electrons. The number of hydrogen-bond donors (Lipinski definition) is 0. The van der Waals surface area contributed by atoms with Gasteiger partial charge in [-0.25, -0.2) is 0 Å². The lowest BCUT2D eigenvalue weighted by molar-refractivity contribution is -0.150. The molecule has 0 aromatic heterocycles. The highest BCUT2D eigenvalue weighted by Crippen LogP contribution is 2.38. The third-order valence-electron chi connectivity index (χ3n) is 4.42. The summed E-state index contributed by atoms with van der Waals surface area (Å²) >= 11 is 11.9. The number of piperidine rings is 1. The van der Waals surface area contributed by atoms with Crippen LogP contribution in [-0.2, 0) is 14.3 Å². The number of hydrogen-bond acceptors (Lipinski definition) is 3. The van der Waals surface area contributed by atoms with Crippen molar-refractivity contribution in [3.05, 3.63) is 64.1 Å². The minimum atomic E-state index is -0.788. The van der Waals surface area contributed by atoms with Gasteiger partial charge in [0.25, 0.3) is 0 Å². The molecule has 1 fully saturated rings. The number of benzene rings is 2. The molecule has 1 heterocycles. The molecule has 0 radical (unpaired) electrons. The number of esters is 1. The number of carbonyl (C=O) groups excluding carboxylic acids is 2. The van der Waals surface area contributed by atoms with Crippen molar-refractivity contribution in [3.63, 3.8) is 0 Å². The smallest absolute Gasteiger partial charge is 0.318 e. The molecule has 2 aromatic rings. The first kappa shape index (κ1) is 17.8. The molecule has 2 atom stereocenters. The number of methoxy groups -OCH3 is 1. The topological polar surface area (TPSA) is 46.6 Å². The molecule has 1 saturated heterocycles. The van der Waals surface area contributed by atoms with E-state index in [-0.39, 0.29) is 11.9 Å². The maximum absolute atomic E-state index is 13.0. The fourth-order valence-electron chi connectivity index (χ4n) is 3.17. The number of anilines is 1. The molecule has 0 spiro atoms.